The molecule has 3 rings (SSSR count). The molecule has 0 aliphatic heterocycles. The van der Waals surface area contributed by atoms with Gasteiger partial charge in [0.1, 0.15) is 17.7 Å². The van der Waals surface area contributed by atoms with E-state index in [9.17, 15) is 17.6 Å². The summed E-state index contributed by atoms with van der Waals surface area (Å²) in [6, 6.07) is 9.79. The van der Waals surface area contributed by atoms with E-state index in [1.165, 1.54) is 22.5 Å². The van der Waals surface area contributed by atoms with E-state index in [1.54, 1.807) is 69.0 Å². The van der Waals surface area contributed by atoms with Crippen LogP contribution >= 0.6 is 0 Å². The first-order valence-electron chi connectivity index (χ1n) is 10.3. The van der Waals surface area contributed by atoms with Crippen molar-refractivity contribution in [2.24, 2.45) is 7.05 Å². The lowest BCUT2D eigenvalue weighted by atomic mass is 10.0. The van der Waals surface area contributed by atoms with Crippen molar-refractivity contribution < 1.29 is 17.6 Å². The summed E-state index contributed by atoms with van der Waals surface area (Å²) in [4.78, 5) is 17.6. The summed E-state index contributed by atoms with van der Waals surface area (Å²) in [5, 5.41) is 2.88. The van der Waals surface area contributed by atoms with Crippen molar-refractivity contribution >= 4 is 15.9 Å². The number of rotatable bonds is 8. The first-order chi connectivity index (χ1) is 15.2. The maximum absolute atomic E-state index is 13.9. The van der Waals surface area contributed by atoms with E-state index in [1.807, 2.05) is 0 Å². The van der Waals surface area contributed by atoms with E-state index < -0.39 is 27.8 Å². The zero-order valence-electron chi connectivity index (χ0n) is 18.5. The lowest BCUT2D eigenvalue weighted by molar-refractivity contribution is 0.0941. The number of carbonyl (C=O) groups excluding carboxylic acids is 1. The summed E-state index contributed by atoms with van der Waals surface area (Å²) < 4.78 is 43.1. The smallest absolute Gasteiger partial charge is 0.252 e. The monoisotopic (exact) mass is 458 g/mol. The highest BCUT2D eigenvalue weighted by Crippen LogP contribution is 2.24. The second-order valence-corrected chi connectivity index (χ2v) is 9.33. The highest BCUT2D eigenvalue weighted by molar-refractivity contribution is 7.89. The van der Waals surface area contributed by atoms with Gasteiger partial charge >= 0.3 is 0 Å². The Kier molecular flexibility index (Phi) is 7.10. The molecule has 7 nitrogen and oxygen atoms in total. The number of nitrogens with zero attached hydrogens (tertiary/aromatic N) is 3. The van der Waals surface area contributed by atoms with Crippen molar-refractivity contribution in [3.8, 4) is 0 Å². The quantitative estimate of drug-likeness (QED) is 0.561. The molecule has 0 fully saturated rings. The van der Waals surface area contributed by atoms with Crippen LogP contribution in [-0.4, -0.2) is 41.3 Å². The molecule has 0 aliphatic carbocycles. The normalized spacial score (nSPS) is 12.7. The molecular weight excluding hydrogens is 431 g/mol. The molecule has 9 heteroatoms. The average Bonchev–Trinajstić information content (AvgIpc) is 3.18. The van der Waals surface area contributed by atoms with Crippen LogP contribution in [0.3, 0.4) is 0 Å². The van der Waals surface area contributed by atoms with Gasteiger partial charge in [-0.25, -0.2) is 17.8 Å². The number of imidazole rings is 1. The van der Waals surface area contributed by atoms with Gasteiger partial charge in [-0.15, -0.1) is 0 Å². The SMILES string of the molecule is CCN(CC)S(=O)(=O)c1cc(C(=O)NC(c2cccc(F)c2)c2nccn2C)ccc1C. The highest BCUT2D eigenvalue weighted by atomic mass is 32.2. The fourth-order valence-corrected chi connectivity index (χ4v) is 5.28. The average molecular weight is 459 g/mol. The molecule has 2 aromatic carbocycles. The molecule has 1 unspecified atom stereocenters. The topological polar surface area (TPSA) is 84.3 Å². The van der Waals surface area contributed by atoms with Crippen LogP contribution in [0.1, 0.15) is 47.2 Å². The van der Waals surface area contributed by atoms with E-state index >= 15 is 0 Å². The molecular formula is C23H27FN4O3S. The van der Waals surface area contributed by atoms with Gasteiger partial charge in [0.2, 0.25) is 10.0 Å². The van der Waals surface area contributed by atoms with E-state index in [0.717, 1.165) is 0 Å². The molecule has 32 heavy (non-hydrogen) atoms. The summed E-state index contributed by atoms with van der Waals surface area (Å²) in [6.07, 6.45) is 3.32. The number of hydrogen-bond acceptors (Lipinski definition) is 4. The van der Waals surface area contributed by atoms with Crippen molar-refractivity contribution in [2.45, 2.75) is 31.7 Å². The number of hydrogen-bond donors (Lipinski definition) is 1. The number of carbonyl (C=O) groups is 1. The van der Waals surface area contributed by atoms with Crippen LogP contribution in [0.4, 0.5) is 4.39 Å². The zero-order valence-corrected chi connectivity index (χ0v) is 19.4. The van der Waals surface area contributed by atoms with Crippen molar-refractivity contribution in [2.75, 3.05) is 13.1 Å². The van der Waals surface area contributed by atoms with Crippen molar-refractivity contribution in [3.63, 3.8) is 0 Å². The minimum atomic E-state index is -3.74. The number of aryl methyl sites for hydroxylation is 2. The maximum Gasteiger partial charge on any atom is 0.252 e. The Hall–Kier alpha value is -3.04. The van der Waals surface area contributed by atoms with Gasteiger partial charge in [0.15, 0.2) is 0 Å². The zero-order chi connectivity index (χ0) is 23.5. The van der Waals surface area contributed by atoms with Gasteiger partial charge in [-0.1, -0.05) is 32.0 Å². The number of sulfonamides is 1. The second kappa shape index (κ2) is 9.62. The number of amides is 1. The van der Waals surface area contributed by atoms with Gasteiger partial charge in [-0.2, -0.15) is 4.31 Å². The molecule has 0 saturated heterocycles. The second-order valence-electron chi connectivity index (χ2n) is 7.43. The summed E-state index contributed by atoms with van der Waals surface area (Å²) in [5.41, 5.74) is 1.27. The van der Waals surface area contributed by atoms with Crippen LogP contribution < -0.4 is 5.32 Å². The van der Waals surface area contributed by atoms with Crippen LogP contribution in [-0.2, 0) is 17.1 Å². The molecule has 0 radical (unpaired) electrons. The Labute approximate surface area is 188 Å². The lowest BCUT2D eigenvalue weighted by Gasteiger charge is -2.21. The predicted molar refractivity (Wildman–Crippen MR) is 120 cm³/mol. The van der Waals surface area contributed by atoms with Gasteiger partial charge in [0.25, 0.3) is 5.91 Å². The van der Waals surface area contributed by atoms with Crippen LogP contribution in [0.5, 0.6) is 0 Å². The van der Waals surface area contributed by atoms with Gasteiger partial charge < -0.3 is 9.88 Å². The molecule has 1 aromatic heterocycles. The van der Waals surface area contributed by atoms with Crippen molar-refractivity contribution in [3.05, 3.63) is 83.2 Å². The Morgan fingerprint density at radius 2 is 1.91 bits per heavy atom. The summed E-state index contributed by atoms with van der Waals surface area (Å²) in [5.74, 6) is -0.399. The largest absolute Gasteiger partial charge is 0.338 e. The minimum Gasteiger partial charge on any atom is -0.338 e. The minimum absolute atomic E-state index is 0.0909. The molecule has 0 spiro atoms. The molecule has 1 heterocycles. The van der Waals surface area contributed by atoms with E-state index in [-0.39, 0.29) is 10.5 Å². The standard InChI is InChI=1S/C23H27FN4O3S/c1-5-28(6-2)32(30,31)20-15-18(11-10-16(20)3)23(29)26-21(22-25-12-13-27(22)4)17-8-7-9-19(24)14-17/h7-15,21H,5-6H2,1-4H3,(H,26,29). The molecule has 0 aliphatic rings. The van der Waals surface area contributed by atoms with Crippen LogP contribution in [0.15, 0.2) is 59.8 Å². The fourth-order valence-electron chi connectivity index (χ4n) is 3.57. The van der Waals surface area contributed by atoms with Crippen LogP contribution in [0.2, 0.25) is 0 Å². The first-order valence-corrected chi connectivity index (χ1v) is 11.8. The molecule has 170 valence electrons. The van der Waals surface area contributed by atoms with Crippen molar-refractivity contribution in [1.29, 1.82) is 0 Å². The molecule has 1 atom stereocenters. The van der Waals surface area contributed by atoms with Gasteiger partial charge in [0.05, 0.1) is 4.90 Å². The van der Waals surface area contributed by atoms with Crippen molar-refractivity contribution in [1.82, 2.24) is 19.2 Å². The molecule has 1 amide bonds. The molecule has 0 saturated carbocycles. The molecule has 1 N–H and O–H groups in total. The van der Waals surface area contributed by atoms with E-state index in [4.69, 9.17) is 0 Å². The van der Waals surface area contributed by atoms with E-state index in [0.29, 0.717) is 30.0 Å². The maximum atomic E-state index is 13.9. The third-order valence-electron chi connectivity index (χ3n) is 5.35. The number of aromatic nitrogens is 2. The summed E-state index contributed by atoms with van der Waals surface area (Å²) >= 11 is 0. The summed E-state index contributed by atoms with van der Waals surface area (Å²) in [7, 11) is -1.96. The predicted octanol–water partition coefficient (Wildman–Crippen LogP) is 3.42. The van der Waals surface area contributed by atoms with E-state index in [2.05, 4.69) is 10.3 Å². The third kappa shape index (κ3) is 4.73. The summed E-state index contributed by atoms with van der Waals surface area (Å²) in [6.45, 7) is 5.89. The lowest BCUT2D eigenvalue weighted by Crippen LogP contribution is -2.33. The number of halogens is 1. The Balaban J connectivity index is 2.00. The Bertz CT molecular complexity index is 1220. The fraction of sp³-hybridized carbons (Fsp3) is 0.304. The number of nitrogens with one attached hydrogen (secondary N) is 1. The molecule has 0 bridgehead atoms. The van der Waals surface area contributed by atoms with Gasteiger partial charge in [-0.05, 0) is 42.3 Å². The Morgan fingerprint density at radius 3 is 2.50 bits per heavy atom. The highest BCUT2D eigenvalue weighted by Gasteiger charge is 2.26. The number of benzene rings is 2. The third-order valence-corrected chi connectivity index (χ3v) is 7.54. The van der Waals surface area contributed by atoms with Gasteiger partial charge in [0, 0.05) is 38.1 Å². The van der Waals surface area contributed by atoms with Gasteiger partial charge in [-0.3, -0.25) is 4.79 Å². The van der Waals surface area contributed by atoms with Crippen LogP contribution in [0.25, 0.3) is 0 Å². The van der Waals surface area contributed by atoms with Crippen LogP contribution in [0, 0.1) is 12.7 Å². The molecule has 3 aromatic rings. The first kappa shape index (κ1) is 23.6. The Morgan fingerprint density at radius 1 is 1.19 bits per heavy atom.